The van der Waals surface area contributed by atoms with Gasteiger partial charge in [-0.05, 0) is 6.42 Å². The lowest BCUT2D eigenvalue weighted by atomic mass is 10.1. The van der Waals surface area contributed by atoms with E-state index in [2.05, 4.69) is 17.1 Å². The molecule has 1 unspecified atom stereocenters. The van der Waals surface area contributed by atoms with Crippen molar-refractivity contribution in [1.29, 1.82) is 0 Å². The summed E-state index contributed by atoms with van der Waals surface area (Å²) in [5, 5.41) is 19.0. The van der Waals surface area contributed by atoms with Crippen molar-refractivity contribution in [3.05, 3.63) is 34.9 Å². The molecule has 0 aliphatic rings. The van der Waals surface area contributed by atoms with E-state index in [9.17, 15) is 5.11 Å². The molecule has 92 valence electrons. The maximum absolute atomic E-state index is 10.3. The molecule has 17 heavy (non-hydrogen) atoms. The summed E-state index contributed by atoms with van der Waals surface area (Å²) in [4.78, 5) is 0. The lowest BCUT2D eigenvalue weighted by molar-refractivity contribution is 0.207. The molecule has 2 aromatic heterocycles. The zero-order valence-electron chi connectivity index (χ0n) is 9.84. The van der Waals surface area contributed by atoms with E-state index in [4.69, 9.17) is 11.6 Å². The number of aliphatic hydroxyl groups is 1. The normalized spacial score (nSPS) is 12.9. The highest BCUT2D eigenvalue weighted by atomic mass is 35.5. The minimum atomic E-state index is -0.787. The Morgan fingerprint density at radius 2 is 2.18 bits per heavy atom. The molecule has 0 spiro atoms. The van der Waals surface area contributed by atoms with Gasteiger partial charge in [0.2, 0.25) is 0 Å². The third-order valence-electron chi connectivity index (χ3n) is 2.57. The second-order valence-corrected chi connectivity index (χ2v) is 4.36. The molecular formula is C11H15ClN4O. The van der Waals surface area contributed by atoms with Crippen LogP contribution in [0.4, 0.5) is 0 Å². The molecule has 6 heteroatoms. The highest BCUT2D eigenvalue weighted by Crippen LogP contribution is 2.27. The van der Waals surface area contributed by atoms with E-state index in [1.54, 1.807) is 35.0 Å². The van der Waals surface area contributed by atoms with Crippen LogP contribution in [0.1, 0.15) is 30.7 Å². The molecule has 1 atom stereocenters. The van der Waals surface area contributed by atoms with Gasteiger partial charge in [-0.1, -0.05) is 18.5 Å². The first-order chi connectivity index (χ1) is 8.13. The van der Waals surface area contributed by atoms with Crippen molar-refractivity contribution in [3.8, 4) is 0 Å². The average Bonchev–Trinajstić information content (AvgIpc) is 2.86. The van der Waals surface area contributed by atoms with Crippen molar-refractivity contribution in [3.63, 3.8) is 0 Å². The number of hydrogen-bond donors (Lipinski definition) is 1. The minimum Gasteiger partial charge on any atom is -0.382 e. The molecule has 2 rings (SSSR count). The summed E-state index contributed by atoms with van der Waals surface area (Å²) in [5.41, 5.74) is 1.34. The summed E-state index contributed by atoms with van der Waals surface area (Å²) in [6, 6.07) is 0. The van der Waals surface area contributed by atoms with Crippen LogP contribution in [-0.4, -0.2) is 24.7 Å². The summed E-state index contributed by atoms with van der Waals surface area (Å²) in [5.74, 6) is 0. The molecule has 2 aromatic rings. The lowest BCUT2D eigenvalue weighted by Crippen LogP contribution is -2.10. The Balaban J connectivity index is 2.35. The van der Waals surface area contributed by atoms with Crippen LogP contribution in [0.2, 0.25) is 5.02 Å². The van der Waals surface area contributed by atoms with Gasteiger partial charge in [0, 0.05) is 25.4 Å². The second-order valence-electron chi connectivity index (χ2n) is 3.95. The Labute approximate surface area is 105 Å². The van der Waals surface area contributed by atoms with E-state index >= 15 is 0 Å². The second kappa shape index (κ2) is 4.89. The minimum absolute atomic E-state index is 0.481. The summed E-state index contributed by atoms with van der Waals surface area (Å²) in [6.07, 6.45) is 5.11. The van der Waals surface area contributed by atoms with Crippen molar-refractivity contribution >= 4 is 11.6 Å². The maximum atomic E-state index is 10.3. The Kier molecular flexibility index (Phi) is 3.49. The van der Waals surface area contributed by atoms with E-state index in [1.165, 1.54) is 0 Å². The summed E-state index contributed by atoms with van der Waals surface area (Å²) < 4.78 is 3.38. The first kappa shape index (κ1) is 12.1. The van der Waals surface area contributed by atoms with Crippen molar-refractivity contribution in [2.45, 2.75) is 26.0 Å². The number of aryl methyl sites for hydroxylation is 2. The summed E-state index contributed by atoms with van der Waals surface area (Å²) in [7, 11) is 1.81. The van der Waals surface area contributed by atoms with Crippen LogP contribution in [0.25, 0.3) is 0 Å². The topological polar surface area (TPSA) is 55.9 Å². The quantitative estimate of drug-likeness (QED) is 0.905. The molecule has 1 N–H and O–H groups in total. The third-order valence-corrected chi connectivity index (χ3v) is 2.86. The van der Waals surface area contributed by atoms with Crippen LogP contribution in [0.15, 0.2) is 18.6 Å². The number of halogens is 1. The predicted molar refractivity (Wildman–Crippen MR) is 64.8 cm³/mol. The van der Waals surface area contributed by atoms with Crippen molar-refractivity contribution in [2.75, 3.05) is 0 Å². The van der Waals surface area contributed by atoms with Gasteiger partial charge in [0.15, 0.2) is 0 Å². The zero-order valence-corrected chi connectivity index (χ0v) is 10.6. The highest BCUT2D eigenvalue weighted by Gasteiger charge is 2.20. The van der Waals surface area contributed by atoms with Gasteiger partial charge < -0.3 is 5.11 Å². The lowest BCUT2D eigenvalue weighted by Gasteiger charge is -2.12. The average molecular weight is 255 g/mol. The summed E-state index contributed by atoms with van der Waals surface area (Å²) >= 11 is 6.06. The fraction of sp³-hybridized carbons (Fsp3) is 0.455. The number of hydrogen-bond acceptors (Lipinski definition) is 3. The SMILES string of the molecule is CCCn1ncc(Cl)c1C(O)c1cnn(C)c1. The number of aromatic nitrogens is 4. The fourth-order valence-corrected chi connectivity index (χ4v) is 2.02. The first-order valence-corrected chi connectivity index (χ1v) is 5.89. The molecule has 0 saturated heterocycles. The monoisotopic (exact) mass is 254 g/mol. The molecule has 0 saturated carbocycles. The standard InChI is InChI=1S/C11H15ClN4O/c1-3-4-16-10(9(12)6-14-16)11(17)8-5-13-15(2)7-8/h5-7,11,17H,3-4H2,1-2H3. The number of nitrogens with zero attached hydrogens (tertiary/aromatic N) is 4. The molecule has 0 fully saturated rings. The maximum Gasteiger partial charge on any atom is 0.125 e. The van der Waals surface area contributed by atoms with Gasteiger partial charge in [-0.3, -0.25) is 9.36 Å². The molecule has 0 bridgehead atoms. The molecule has 0 amide bonds. The van der Waals surface area contributed by atoms with Crippen LogP contribution >= 0.6 is 11.6 Å². The zero-order chi connectivity index (χ0) is 12.4. The van der Waals surface area contributed by atoms with Crippen molar-refractivity contribution < 1.29 is 5.11 Å². The molecule has 0 radical (unpaired) electrons. The molecule has 0 aliphatic heterocycles. The predicted octanol–water partition coefficient (Wildman–Crippen LogP) is 1.76. The number of rotatable bonds is 4. The molecule has 0 aromatic carbocycles. The Bertz CT molecular complexity index is 505. The van der Waals surface area contributed by atoms with Gasteiger partial charge in [-0.25, -0.2) is 0 Å². The Morgan fingerprint density at radius 3 is 2.76 bits per heavy atom. The van der Waals surface area contributed by atoms with E-state index in [0.29, 0.717) is 16.3 Å². The molecule has 0 aliphatic carbocycles. The molecule has 5 nitrogen and oxygen atoms in total. The smallest absolute Gasteiger partial charge is 0.125 e. The van der Waals surface area contributed by atoms with Gasteiger partial charge in [-0.2, -0.15) is 10.2 Å². The Hall–Kier alpha value is -1.33. The van der Waals surface area contributed by atoms with Crippen LogP contribution in [0, 0.1) is 0 Å². The first-order valence-electron chi connectivity index (χ1n) is 5.51. The van der Waals surface area contributed by atoms with Crippen LogP contribution in [-0.2, 0) is 13.6 Å². The van der Waals surface area contributed by atoms with Gasteiger partial charge in [0.05, 0.1) is 23.1 Å². The van der Waals surface area contributed by atoms with Crippen LogP contribution in [0.5, 0.6) is 0 Å². The summed E-state index contributed by atoms with van der Waals surface area (Å²) in [6.45, 7) is 2.79. The van der Waals surface area contributed by atoms with Crippen LogP contribution < -0.4 is 0 Å². The van der Waals surface area contributed by atoms with Gasteiger partial charge in [0.25, 0.3) is 0 Å². The third kappa shape index (κ3) is 2.35. The molecule has 2 heterocycles. The molecular weight excluding hydrogens is 240 g/mol. The largest absolute Gasteiger partial charge is 0.382 e. The number of aliphatic hydroxyl groups excluding tert-OH is 1. The van der Waals surface area contributed by atoms with E-state index in [0.717, 1.165) is 13.0 Å². The Morgan fingerprint density at radius 1 is 1.41 bits per heavy atom. The van der Waals surface area contributed by atoms with E-state index < -0.39 is 6.10 Å². The van der Waals surface area contributed by atoms with Crippen LogP contribution in [0.3, 0.4) is 0 Å². The van der Waals surface area contributed by atoms with Crippen molar-refractivity contribution in [2.24, 2.45) is 7.05 Å². The van der Waals surface area contributed by atoms with E-state index in [1.807, 2.05) is 0 Å². The van der Waals surface area contributed by atoms with E-state index in [-0.39, 0.29) is 0 Å². The van der Waals surface area contributed by atoms with Gasteiger partial charge in [-0.15, -0.1) is 0 Å². The van der Waals surface area contributed by atoms with Gasteiger partial charge >= 0.3 is 0 Å². The van der Waals surface area contributed by atoms with Crippen molar-refractivity contribution in [1.82, 2.24) is 19.6 Å². The fourth-order valence-electron chi connectivity index (χ4n) is 1.77. The highest BCUT2D eigenvalue weighted by molar-refractivity contribution is 6.31. The van der Waals surface area contributed by atoms with Gasteiger partial charge in [0.1, 0.15) is 6.10 Å².